The highest BCUT2D eigenvalue weighted by atomic mass is 35.5. The molecule has 0 amide bonds. The third-order valence-electron chi connectivity index (χ3n) is 5.04. The molecule has 1 N–H and O–H groups in total. The molecule has 0 atom stereocenters. The van der Waals surface area contributed by atoms with Gasteiger partial charge in [-0.05, 0) is 35.4 Å². The van der Waals surface area contributed by atoms with Crippen molar-refractivity contribution in [1.82, 2.24) is 9.97 Å². The Labute approximate surface area is 162 Å². The minimum absolute atomic E-state index is 0.0405. The van der Waals surface area contributed by atoms with Gasteiger partial charge >= 0.3 is 0 Å². The van der Waals surface area contributed by atoms with Gasteiger partial charge in [-0.2, -0.15) is 0 Å². The molecule has 27 heavy (non-hydrogen) atoms. The Bertz CT molecular complexity index is 1030. The average molecular weight is 409 g/mol. The molecule has 0 aromatic carbocycles. The van der Waals surface area contributed by atoms with Crippen LogP contribution < -0.4 is 5.32 Å². The van der Waals surface area contributed by atoms with Crippen LogP contribution in [0.2, 0.25) is 5.15 Å². The number of sulfone groups is 1. The number of nitrogens with one attached hydrogen (secondary N) is 1. The monoisotopic (exact) mass is 408 g/mol. The highest BCUT2D eigenvalue weighted by molar-refractivity contribution is 7.92. The second-order valence-electron chi connectivity index (χ2n) is 7.21. The Balaban J connectivity index is 1.94. The minimum atomic E-state index is -3.00. The zero-order valence-electron chi connectivity index (χ0n) is 15.3. The van der Waals surface area contributed by atoms with Crippen molar-refractivity contribution < 1.29 is 8.42 Å². The van der Waals surface area contributed by atoms with Crippen LogP contribution >= 0.6 is 11.6 Å². The summed E-state index contributed by atoms with van der Waals surface area (Å²) in [5.74, 6) is 0.781. The van der Waals surface area contributed by atoms with E-state index in [9.17, 15) is 8.42 Å². The number of hydrogen-bond donors (Lipinski definition) is 1. The van der Waals surface area contributed by atoms with Gasteiger partial charge in [0.05, 0.1) is 10.8 Å². The number of fused-ring (bicyclic) bond motifs is 1. The fourth-order valence-electron chi connectivity index (χ4n) is 3.28. The van der Waals surface area contributed by atoms with Crippen LogP contribution in [0.1, 0.15) is 39.2 Å². The number of nitrogens with zero attached hydrogens (tertiary/aromatic N) is 5. The third kappa shape index (κ3) is 3.81. The summed E-state index contributed by atoms with van der Waals surface area (Å²) >= 11 is 6.08. The average Bonchev–Trinajstić information content (AvgIpc) is 2.56. The van der Waals surface area contributed by atoms with Crippen LogP contribution in [0.5, 0.6) is 0 Å². The maximum atomic E-state index is 11.9. The number of hydrogen-bond acceptors (Lipinski definition) is 6. The van der Waals surface area contributed by atoms with E-state index in [1.165, 1.54) is 0 Å². The van der Waals surface area contributed by atoms with E-state index >= 15 is 0 Å². The largest absolute Gasteiger partial charge is 0.367 e. The van der Waals surface area contributed by atoms with Crippen molar-refractivity contribution in [1.29, 1.82) is 0 Å². The summed E-state index contributed by atoms with van der Waals surface area (Å²) in [5.41, 5.74) is 8.79. The number of aromatic nitrogens is 2. The van der Waals surface area contributed by atoms with Crippen LogP contribution in [0, 0.1) is 0 Å². The van der Waals surface area contributed by atoms with E-state index in [4.69, 9.17) is 17.1 Å². The number of azide groups is 1. The van der Waals surface area contributed by atoms with Crippen molar-refractivity contribution in [2.45, 2.75) is 50.4 Å². The zero-order chi connectivity index (χ0) is 19.8. The lowest BCUT2D eigenvalue weighted by Gasteiger charge is -2.35. The van der Waals surface area contributed by atoms with Crippen LogP contribution in [0.25, 0.3) is 21.2 Å². The van der Waals surface area contributed by atoms with Crippen molar-refractivity contribution in [2.24, 2.45) is 5.11 Å². The second-order valence-corrected chi connectivity index (χ2v) is 10.2. The van der Waals surface area contributed by atoms with Gasteiger partial charge < -0.3 is 5.32 Å². The molecule has 2 aromatic heterocycles. The Kier molecular flexibility index (Phi) is 5.20. The maximum Gasteiger partial charge on any atom is 0.153 e. The molecule has 0 radical (unpaired) electrons. The number of anilines is 1. The highest BCUT2D eigenvalue weighted by Crippen LogP contribution is 2.36. The first kappa shape index (κ1) is 19.7. The molecule has 2 aromatic rings. The summed E-state index contributed by atoms with van der Waals surface area (Å²) in [6, 6.07) is 1.76. The number of halogens is 1. The summed E-state index contributed by atoms with van der Waals surface area (Å²) in [5, 5.41) is 8.76. The normalized spacial score (nSPS) is 20.0. The summed E-state index contributed by atoms with van der Waals surface area (Å²) in [4.78, 5) is 11.6. The summed E-state index contributed by atoms with van der Waals surface area (Å²) < 4.78 is 23.9. The van der Waals surface area contributed by atoms with Crippen molar-refractivity contribution in [3.05, 3.63) is 39.6 Å². The molecule has 0 bridgehead atoms. The maximum absolute atomic E-state index is 11.9. The molecule has 144 valence electrons. The summed E-state index contributed by atoms with van der Waals surface area (Å²) in [7, 11) is -3.00. The smallest absolute Gasteiger partial charge is 0.153 e. The van der Waals surface area contributed by atoms with E-state index < -0.39 is 15.4 Å². The van der Waals surface area contributed by atoms with Crippen LogP contribution in [0.4, 0.5) is 5.82 Å². The van der Waals surface area contributed by atoms with Crippen LogP contribution in [-0.4, -0.2) is 35.4 Å². The van der Waals surface area contributed by atoms with Gasteiger partial charge in [0.2, 0.25) is 0 Å². The van der Waals surface area contributed by atoms with Gasteiger partial charge in [-0.15, -0.1) is 0 Å². The minimum Gasteiger partial charge on any atom is -0.367 e. The van der Waals surface area contributed by atoms with Crippen molar-refractivity contribution in [2.75, 3.05) is 11.1 Å². The van der Waals surface area contributed by atoms with Gasteiger partial charge in [0, 0.05) is 34.5 Å². The van der Waals surface area contributed by atoms with Crippen LogP contribution in [0.15, 0.2) is 23.6 Å². The van der Waals surface area contributed by atoms with Crippen molar-refractivity contribution in [3.8, 4) is 0 Å². The number of pyridine rings is 2. The van der Waals surface area contributed by atoms with Gasteiger partial charge in [0.25, 0.3) is 0 Å². The van der Waals surface area contributed by atoms with Crippen LogP contribution in [0.3, 0.4) is 0 Å². The topological polar surface area (TPSA) is 121 Å². The SMILES string of the molecule is CCS(=O)(=O)[C@H]1C[C@@H](Nc2ncc(C(C)(C)N=[N+]=[N-])c3cc(Cl)ncc23)C1. The van der Waals surface area contributed by atoms with Crippen molar-refractivity contribution >= 4 is 38.0 Å². The Morgan fingerprint density at radius 1 is 1.33 bits per heavy atom. The van der Waals surface area contributed by atoms with Gasteiger partial charge in [0.1, 0.15) is 11.0 Å². The Hall–Kier alpha value is -2.09. The van der Waals surface area contributed by atoms with E-state index in [2.05, 4.69) is 25.3 Å². The van der Waals surface area contributed by atoms with Gasteiger partial charge in [-0.1, -0.05) is 37.5 Å². The highest BCUT2D eigenvalue weighted by Gasteiger charge is 2.38. The predicted molar refractivity (Wildman–Crippen MR) is 107 cm³/mol. The Morgan fingerprint density at radius 2 is 2.04 bits per heavy atom. The molecule has 1 aliphatic rings. The molecule has 1 fully saturated rings. The molecule has 0 aliphatic heterocycles. The predicted octanol–water partition coefficient (Wildman–Crippen LogP) is 4.21. The summed E-state index contributed by atoms with van der Waals surface area (Å²) in [6.45, 7) is 5.28. The molecule has 2 heterocycles. The first-order valence-corrected chi connectivity index (χ1v) is 10.8. The zero-order valence-corrected chi connectivity index (χ0v) is 16.9. The van der Waals surface area contributed by atoms with Crippen LogP contribution in [-0.2, 0) is 15.4 Å². The molecule has 10 heteroatoms. The molecule has 0 saturated heterocycles. The standard InChI is InChI=1S/C17H21ClN6O2S/c1-4-27(25,26)11-5-10(6-11)22-16-13-8-20-15(18)7-12(13)14(9-21-16)17(2,3)23-24-19/h7-11H,4-6H2,1-3H3,(H,21,22)/t10-,11+. The van der Waals surface area contributed by atoms with E-state index in [1.807, 2.05) is 0 Å². The fourth-order valence-corrected chi connectivity index (χ4v) is 4.96. The molecule has 0 spiro atoms. The molecular weight excluding hydrogens is 388 g/mol. The Morgan fingerprint density at radius 3 is 2.67 bits per heavy atom. The number of rotatable bonds is 6. The van der Waals surface area contributed by atoms with Crippen molar-refractivity contribution in [3.63, 3.8) is 0 Å². The second kappa shape index (κ2) is 7.14. The molecular formula is C17H21ClN6O2S. The molecule has 1 saturated carbocycles. The fraction of sp³-hybridized carbons (Fsp3) is 0.529. The summed E-state index contributed by atoms with van der Waals surface area (Å²) in [6.07, 6.45) is 4.41. The lowest BCUT2D eigenvalue weighted by atomic mass is 9.91. The van der Waals surface area contributed by atoms with Gasteiger partial charge in [-0.3, -0.25) is 0 Å². The van der Waals surface area contributed by atoms with E-state index in [0.717, 1.165) is 16.3 Å². The third-order valence-corrected chi connectivity index (χ3v) is 7.45. The molecule has 0 unspecified atom stereocenters. The first-order valence-electron chi connectivity index (χ1n) is 8.67. The lowest BCUT2D eigenvalue weighted by Crippen LogP contribution is -2.44. The molecule has 1 aliphatic carbocycles. The van der Waals surface area contributed by atoms with E-state index in [0.29, 0.717) is 23.8 Å². The van der Waals surface area contributed by atoms with Gasteiger partial charge in [0.15, 0.2) is 9.84 Å². The quantitative estimate of drug-likeness (QED) is 0.332. The van der Waals surface area contributed by atoms with Gasteiger partial charge in [-0.25, -0.2) is 18.4 Å². The van der Waals surface area contributed by atoms with E-state index in [1.54, 1.807) is 39.2 Å². The lowest BCUT2D eigenvalue weighted by molar-refractivity contribution is 0.432. The van der Waals surface area contributed by atoms with E-state index in [-0.39, 0.29) is 17.0 Å². The molecule has 8 nitrogen and oxygen atoms in total. The molecule has 3 rings (SSSR count). The first-order chi connectivity index (χ1) is 12.7.